The van der Waals surface area contributed by atoms with Gasteiger partial charge in [0.15, 0.2) is 0 Å². The zero-order valence-electron chi connectivity index (χ0n) is 14.2. The van der Waals surface area contributed by atoms with Gasteiger partial charge in [0, 0.05) is 24.8 Å². The number of piperidine rings is 1. The highest BCUT2D eigenvalue weighted by atomic mass is 35.5. The number of carbonyl (C=O) groups excluding carboxylic acids is 2. The van der Waals surface area contributed by atoms with Gasteiger partial charge in [-0.25, -0.2) is 4.39 Å². The van der Waals surface area contributed by atoms with Crippen LogP contribution >= 0.6 is 12.4 Å². The normalized spacial score (nSPS) is 14.4. The van der Waals surface area contributed by atoms with Crippen molar-refractivity contribution in [2.45, 2.75) is 18.9 Å². The van der Waals surface area contributed by atoms with E-state index in [0.717, 1.165) is 0 Å². The Hall–Kier alpha value is -2.60. The van der Waals surface area contributed by atoms with Gasteiger partial charge in [-0.15, -0.1) is 12.4 Å². The van der Waals surface area contributed by atoms with E-state index in [4.69, 9.17) is 5.73 Å². The Morgan fingerprint density at radius 2 is 1.58 bits per heavy atom. The molecule has 0 unspecified atom stereocenters. The maximum absolute atomic E-state index is 13.8. The van der Waals surface area contributed by atoms with Gasteiger partial charge in [-0.05, 0) is 37.1 Å². The van der Waals surface area contributed by atoms with E-state index in [1.165, 1.54) is 12.1 Å². The number of hydrogen-bond donors (Lipinski definition) is 2. The first-order chi connectivity index (χ1) is 12.1. The average molecular weight is 378 g/mol. The molecule has 0 atom stereocenters. The average Bonchev–Trinajstić information content (AvgIpc) is 2.62. The van der Waals surface area contributed by atoms with Crippen molar-refractivity contribution in [2.24, 2.45) is 0 Å². The van der Waals surface area contributed by atoms with E-state index < -0.39 is 5.82 Å². The van der Waals surface area contributed by atoms with Crippen LogP contribution in [0.3, 0.4) is 0 Å². The van der Waals surface area contributed by atoms with E-state index in [1.54, 1.807) is 41.3 Å². The highest BCUT2D eigenvalue weighted by Crippen LogP contribution is 2.17. The molecule has 3 rings (SSSR count). The molecule has 26 heavy (non-hydrogen) atoms. The van der Waals surface area contributed by atoms with Crippen molar-refractivity contribution >= 4 is 29.9 Å². The summed E-state index contributed by atoms with van der Waals surface area (Å²) in [4.78, 5) is 26.3. The van der Waals surface area contributed by atoms with E-state index in [9.17, 15) is 14.0 Å². The SMILES string of the molecule is Cl.Nc1ccccc1C(=O)NC1CCN(C(=O)c2ccccc2F)CC1. The van der Waals surface area contributed by atoms with Crippen molar-refractivity contribution in [2.75, 3.05) is 18.8 Å². The van der Waals surface area contributed by atoms with E-state index in [0.29, 0.717) is 37.2 Å². The first-order valence-electron chi connectivity index (χ1n) is 8.25. The molecule has 0 radical (unpaired) electrons. The van der Waals surface area contributed by atoms with Crippen molar-refractivity contribution in [3.8, 4) is 0 Å². The number of nitrogens with one attached hydrogen (secondary N) is 1. The van der Waals surface area contributed by atoms with Crippen LogP contribution in [0, 0.1) is 5.82 Å². The zero-order valence-corrected chi connectivity index (χ0v) is 15.0. The van der Waals surface area contributed by atoms with Crippen LogP contribution in [-0.2, 0) is 0 Å². The van der Waals surface area contributed by atoms with Crippen LogP contribution in [0.25, 0.3) is 0 Å². The summed E-state index contributed by atoms with van der Waals surface area (Å²) in [6.07, 6.45) is 1.25. The number of nitrogens with zero attached hydrogens (tertiary/aromatic N) is 1. The van der Waals surface area contributed by atoms with E-state index in [-0.39, 0.29) is 35.8 Å². The molecule has 2 amide bonds. The van der Waals surface area contributed by atoms with Crippen LogP contribution < -0.4 is 11.1 Å². The van der Waals surface area contributed by atoms with Gasteiger partial charge in [-0.2, -0.15) is 0 Å². The highest BCUT2D eigenvalue weighted by Gasteiger charge is 2.26. The number of carbonyl (C=O) groups is 2. The predicted octanol–water partition coefficient (Wildman–Crippen LogP) is 2.86. The number of likely N-dealkylation sites (tertiary alicyclic amines) is 1. The van der Waals surface area contributed by atoms with Crippen LogP contribution in [0.15, 0.2) is 48.5 Å². The standard InChI is InChI=1S/C19H20FN3O2.ClH/c20-16-7-3-1-5-14(16)19(25)23-11-9-13(10-12-23)22-18(24)15-6-2-4-8-17(15)21;/h1-8,13H,9-12,21H2,(H,22,24);1H. The summed E-state index contributed by atoms with van der Waals surface area (Å²) < 4.78 is 13.8. The molecule has 1 aliphatic heterocycles. The summed E-state index contributed by atoms with van der Waals surface area (Å²) in [5, 5.41) is 2.96. The molecule has 0 spiro atoms. The second-order valence-corrected chi connectivity index (χ2v) is 6.11. The molecule has 5 nitrogen and oxygen atoms in total. The second-order valence-electron chi connectivity index (χ2n) is 6.11. The van der Waals surface area contributed by atoms with E-state index in [2.05, 4.69) is 5.32 Å². The number of rotatable bonds is 3. The van der Waals surface area contributed by atoms with Gasteiger partial charge < -0.3 is 16.0 Å². The summed E-state index contributed by atoms with van der Waals surface area (Å²) in [7, 11) is 0. The van der Waals surface area contributed by atoms with Crippen LogP contribution in [0.4, 0.5) is 10.1 Å². The fourth-order valence-electron chi connectivity index (χ4n) is 3.00. The summed E-state index contributed by atoms with van der Waals surface area (Å²) in [6.45, 7) is 0.949. The van der Waals surface area contributed by atoms with Gasteiger partial charge in [-0.3, -0.25) is 9.59 Å². The minimum Gasteiger partial charge on any atom is -0.398 e. The molecule has 1 saturated heterocycles. The zero-order chi connectivity index (χ0) is 17.8. The quantitative estimate of drug-likeness (QED) is 0.807. The van der Waals surface area contributed by atoms with Crippen molar-refractivity contribution in [3.63, 3.8) is 0 Å². The van der Waals surface area contributed by atoms with Crippen LogP contribution in [-0.4, -0.2) is 35.8 Å². The number of nitrogen functional groups attached to an aromatic ring is 1. The smallest absolute Gasteiger partial charge is 0.256 e. The Labute approximate surface area is 157 Å². The molecule has 2 aromatic carbocycles. The molecule has 0 saturated carbocycles. The summed E-state index contributed by atoms with van der Waals surface area (Å²) in [5.41, 5.74) is 6.79. The van der Waals surface area contributed by atoms with Gasteiger partial charge in [0.2, 0.25) is 0 Å². The number of nitrogens with two attached hydrogens (primary N) is 1. The van der Waals surface area contributed by atoms with Crippen molar-refractivity contribution in [1.82, 2.24) is 10.2 Å². The van der Waals surface area contributed by atoms with Crippen LogP contribution in [0.1, 0.15) is 33.6 Å². The van der Waals surface area contributed by atoms with Crippen LogP contribution in [0.5, 0.6) is 0 Å². The highest BCUT2D eigenvalue weighted by molar-refractivity contribution is 5.99. The lowest BCUT2D eigenvalue weighted by molar-refractivity contribution is 0.0694. The minimum absolute atomic E-state index is 0. The monoisotopic (exact) mass is 377 g/mol. The fourth-order valence-corrected chi connectivity index (χ4v) is 3.00. The lowest BCUT2D eigenvalue weighted by Crippen LogP contribution is -2.46. The lowest BCUT2D eigenvalue weighted by Gasteiger charge is -2.32. The number of anilines is 1. The van der Waals surface area contributed by atoms with Crippen molar-refractivity contribution in [3.05, 3.63) is 65.5 Å². The fraction of sp³-hybridized carbons (Fsp3) is 0.263. The minimum atomic E-state index is -0.512. The molecule has 0 aromatic heterocycles. The Bertz CT molecular complexity index is 792. The maximum atomic E-state index is 13.8. The molecule has 1 heterocycles. The molecule has 3 N–H and O–H groups in total. The molecule has 1 aliphatic rings. The predicted molar refractivity (Wildman–Crippen MR) is 101 cm³/mol. The topological polar surface area (TPSA) is 75.4 Å². The third-order valence-corrected chi connectivity index (χ3v) is 4.43. The third-order valence-electron chi connectivity index (χ3n) is 4.43. The first-order valence-corrected chi connectivity index (χ1v) is 8.25. The van der Waals surface area contributed by atoms with Gasteiger partial charge in [0.25, 0.3) is 11.8 Å². The Balaban J connectivity index is 0.00000243. The summed E-state index contributed by atoms with van der Waals surface area (Å²) in [6, 6.07) is 12.9. The second kappa shape index (κ2) is 8.67. The maximum Gasteiger partial charge on any atom is 0.256 e. The number of hydrogen-bond acceptors (Lipinski definition) is 3. The molecule has 7 heteroatoms. The number of benzene rings is 2. The van der Waals surface area contributed by atoms with Crippen molar-refractivity contribution in [1.29, 1.82) is 0 Å². The Morgan fingerprint density at radius 3 is 2.19 bits per heavy atom. The number of halogens is 2. The van der Waals surface area contributed by atoms with Gasteiger partial charge in [0.05, 0.1) is 11.1 Å². The Kier molecular flexibility index (Phi) is 6.58. The molecule has 0 aliphatic carbocycles. The van der Waals surface area contributed by atoms with Gasteiger partial charge in [0.1, 0.15) is 5.82 Å². The molecule has 0 bridgehead atoms. The largest absolute Gasteiger partial charge is 0.398 e. The Morgan fingerprint density at radius 1 is 1.00 bits per heavy atom. The number of amides is 2. The molecule has 1 fully saturated rings. The third kappa shape index (κ3) is 4.32. The summed E-state index contributed by atoms with van der Waals surface area (Å²) >= 11 is 0. The molecular weight excluding hydrogens is 357 g/mol. The first kappa shape index (κ1) is 19.7. The van der Waals surface area contributed by atoms with Gasteiger partial charge in [-0.1, -0.05) is 24.3 Å². The van der Waals surface area contributed by atoms with Gasteiger partial charge >= 0.3 is 0 Å². The van der Waals surface area contributed by atoms with E-state index in [1.807, 2.05) is 0 Å². The van der Waals surface area contributed by atoms with E-state index >= 15 is 0 Å². The van der Waals surface area contributed by atoms with Crippen LogP contribution in [0.2, 0.25) is 0 Å². The molecular formula is C19H21ClFN3O2. The molecule has 2 aromatic rings. The van der Waals surface area contributed by atoms with Crippen molar-refractivity contribution < 1.29 is 14.0 Å². The lowest BCUT2D eigenvalue weighted by atomic mass is 10.0. The molecule has 138 valence electrons. The summed E-state index contributed by atoms with van der Waals surface area (Å²) in [5.74, 6) is -1.03. The number of para-hydroxylation sites is 1.